The van der Waals surface area contributed by atoms with Crippen molar-refractivity contribution in [2.75, 3.05) is 16.8 Å². The minimum atomic E-state index is -0.803. The fourth-order valence-electron chi connectivity index (χ4n) is 2.80. The van der Waals surface area contributed by atoms with Crippen LogP contribution in [-0.4, -0.2) is 28.9 Å². The number of thioether (sulfide) groups is 1. The van der Waals surface area contributed by atoms with Crippen LogP contribution >= 0.6 is 27.7 Å². The molecule has 2 aromatic rings. The van der Waals surface area contributed by atoms with Crippen LogP contribution < -0.4 is 10.6 Å². The van der Waals surface area contributed by atoms with Gasteiger partial charge in [0, 0.05) is 21.5 Å². The molecule has 2 amide bonds. The van der Waals surface area contributed by atoms with E-state index < -0.39 is 5.54 Å². The molecule has 0 bridgehead atoms. The minimum Gasteiger partial charge on any atom is -0.333 e. The predicted molar refractivity (Wildman–Crippen MR) is 111 cm³/mol. The van der Waals surface area contributed by atoms with Gasteiger partial charge < -0.3 is 10.6 Å². The van der Waals surface area contributed by atoms with Crippen molar-refractivity contribution in [2.24, 2.45) is 0 Å². The zero-order chi connectivity index (χ0) is 19.3. The van der Waals surface area contributed by atoms with E-state index in [4.69, 9.17) is 0 Å². The van der Waals surface area contributed by atoms with Gasteiger partial charge in [-0.15, -0.1) is 0 Å². The lowest BCUT2D eigenvalue weighted by atomic mass is 10.0. The van der Waals surface area contributed by atoms with Crippen molar-refractivity contribution in [2.45, 2.75) is 18.4 Å². The Morgan fingerprint density at radius 2 is 2.00 bits per heavy atom. The standard InChI is InChI=1S/C20H18BrN3O2S/c21-16-6-4-14(5-7-16)10-18(25)23-17-3-1-2-15(11-17)19(26)24-20(12-22)8-9-27-13-20/h1-7,11H,8-10,13H2,(H,23,25)(H,24,26). The SMILES string of the molecule is N#CC1(NC(=O)c2cccc(NC(=O)Cc3ccc(Br)cc3)c2)CCSC1. The summed E-state index contributed by atoms with van der Waals surface area (Å²) in [7, 11) is 0. The second-order valence-electron chi connectivity index (χ2n) is 6.38. The third kappa shape index (κ3) is 5.12. The van der Waals surface area contributed by atoms with Gasteiger partial charge in [-0.05, 0) is 48.1 Å². The molecule has 27 heavy (non-hydrogen) atoms. The molecular weight excluding hydrogens is 426 g/mol. The molecular formula is C20H18BrN3O2S. The summed E-state index contributed by atoms with van der Waals surface area (Å²) in [4.78, 5) is 24.8. The van der Waals surface area contributed by atoms with Crippen LogP contribution in [0.3, 0.4) is 0 Å². The maximum atomic E-state index is 12.5. The number of hydrogen-bond donors (Lipinski definition) is 2. The van der Waals surface area contributed by atoms with Gasteiger partial charge in [0.25, 0.3) is 5.91 Å². The Balaban J connectivity index is 1.64. The van der Waals surface area contributed by atoms with Gasteiger partial charge in [0.05, 0.1) is 12.5 Å². The number of nitrogens with zero attached hydrogens (tertiary/aromatic N) is 1. The highest BCUT2D eigenvalue weighted by Gasteiger charge is 2.36. The Morgan fingerprint density at radius 1 is 1.22 bits per heavy atom. The van der Waals surface area contributed by atoms with Crippen molar-refractivity contribution in [3.05, 3.63) is 64.1 Å². The van der Waals surface area contributed by atoms with Crippen LogP contribution in [0.1, 0.15) is 22.3 Å². The van der Waals surface area contributed by atoms with Gasteiger partial charge in [-0.3, -0.25) is 9.59 Å². The summed E-state index contributed by atoms with van der Waals surface area (Å²) in [5.41, 5.74) is 1.07. The van der Waals surface area contributed by atoms with Gasteiger partial charge in [0.15, 0.2) is 0 Å². The molecule has 2 aromatic carbocycles. The molecule has 1 heterocycles. The van der Waals surface area contributed by atoms with E-state index >= 15 is 0 Å². The smallest absolute Gasteiger partial charge is 0.252 e. The predicted octanol–water partition coefficient (Wildman–Crippen LogP) is 3.76. The fourth-order valence-corrected chi connectivity index (χ4v) is 4.33. The van der Waals surface area contributed by atoms with E-state index in [1.807, 2.05) is 24.3 Å². The molecule has 1 unspecified atom stereocenters. The molecule has 0 spiro atoms. The molecule has 1 aliphatic heterocycles. The summed E-state index contributed by atoms with van der Waals surface area (Å²) in [6.45, 7) is 0. The normalized spacial score (nSPS) is 18.5. The largest absolute Gasteiger partial charge is 0.333 e. The number of anilines is 1. The first-order chi connectivity index (χ1) is 13.0. The maximum absolute atomic E-state index is 12.5. The van der Waals surface area contributed by atoms with Crippen LogP contribution in [0.4, 0.5) is 5.69 Å². The van der Waals surface area contributed by atoms with Crippen molar-refractivity contribution in [3.8, 4) is 6.07 Å². The Kier molecular flexibility index (Phi) is 6.19. The number of nitriles is 1. The molecule has 3 rings (SSSR count). The van der Waals surface area contributed by atoms with Crippen molar-refractivity contribution in [1.29, 1.82) is 5.26 Å². The van der Waals surface area contributed by atoms with E-state index in [0.717, 1.165) is 15.8 Å². The Hall–Kier alpha value is -2.30. The van der Waals surface area contributed by atoms with Crippen LogP contribution in [0.15, 0.2) is 53.0 Å². The first kappa shape index (κ1) is 19.5. The molecule has 1 aliphatic rings. The average molecular weight is 444 g/mol. The van der Waals surface area contributed by atoms with Gasteiger partial charge in [0.2, 0.25) is 5.91 Å². The number of benzene rings is 2. The summed E-state index contributed by atoms with van der Waals surface area (Å²) < 4.78 is 0.959. The molecule has 0 radical (unpaired) electrons. The number of rotatable bonds is 5. The molecule has 1 atom stereocenters. The van der Waals surface area contributed by atoms with Gasteiger partial charge in [-0.2, -0.15) is 17.0 Å². The number of halogens is 1. The van der Waals surface area contributed by atoms with Crippen LogP contribution in [0, 0.1) is 11.3 Å². The van der Waals surface area contributed by atoms with Gasteiger partial charge >= 0.3 is 0 Å². The second-order valence-corrected chi connectivity index (χ2v) is 8.40. The van der Waals surface area contributed by atoms with Crippen molar-refractivity contribution >= 4 is 45.2 Å². The highest BCUT2D eigenvalue weighted by molar-refractivity contribution is 9.10. The van der Waals surface area contributed by atoms with E-state index in [0.29, 0.717) is 23.4 Å². The number of amides is 2. The third-order valence-corrected chi connectivity index (χ3v) is 5.99. The van der Waals surface area contributed by atoms with Crippen LogP contribution in [0.25, 0.3) is 0 Å². The van der Waals surface area contributed by atoms with E-state index in [-0.39, 0.29) is 18.2 Å². The first-order valence-corrected chi connectivity index (χ1v) is 10.4. The van der Waals surface area contributed by atoms with Gasteiger partial charge in [0.1, 0.15) is 5.54 Å². The summed E-state index contributed by atoms with van der Waals surface area (Å²) in [6.07, 6.45) is 0.891. The quantitative estimate of drug-likeness (QED) is 0.736. The van der Waals surface area contributed by atoms with Crippen molar-refractivity contribution < 1.29 is 9.59 Å². The molecule has 1 fully saturated rings. The topological polar surface area (TPSA) is 82.0 Å². The summed E-state index contributed by atoms with van der Waals surface area (Å²) >= 11 is 5.03. The molecule has 0 saturated carbocycles. The lowest BCUT2D eigenvalue weighted by molar-refractivity contribution is -0.115. The number of carbonyl (C=O) groups is 2. The Bertz CT molecular complexity index is 887. The minimum absolute atomic E-state index is 0.157. The second kappa shape index (κ2) is 8.59. The first-order valence-electron chi connectivity index (χ1n) is 8.46. The van der Waals surface area contributed by atoms with E-state index in [1.54, 1.807) is 36.0 Å². The van der Waals surface area contributed by atoms with Crippen LogP contribution in [0.5, 0.6) is 0 Å². The zero-order valence-electron chi connectivity index (χ0n) is 14.5. The highest BCUT2D eigenvalue weighted by atomic mass is 79.9. The van der Waals surface area contributed by atoms with Crippen LogP contribution in [-0.2, 0) is 11.2 Å². The Labute approximate surface area is 170 Å². The summed E-state index contributed by atoms with van der Waals surface area (Å²) in [6, 6.07) is 16.5. The van der Waals surface area contributed by atoms with Crippen molar-refractivity contribution in [1.82, 2.24) is 5.32 Å². The maximum Gasteiger partial charge on any atom is 0.252 e. The van der Waals surface area contributed by atoms with E-state index in [1.165, 1.54) is 0 Å². The molecule has 138 valence electrons. The molecule has 0 aliphatic carbocycles. The van der Waals surface area contributed by atoms with E-state index in [9.17, 15) is 14.9 Å². The molecule has 2 N–H and O–H groups in total. The Morgan fingerprint density at radius 3 is 2.67 bits per heavy atom. The zero-order valence-corrected chi connectivity index (χ0v) is 16.9. The van der Waals surface area contributed by atoms with Gasteiger partial charge in [-0.25, -0.2) is 0 Å². The van der Waals surface area contributed by atoms with Crippen molar-refractivity contribution in [3.63, 3.8) is 0 Å². The highest BCUT2D eigenvalue weighted by Crippen LogP contribution is 2.27. The lowest BCUT2D eigenvalue weighted by Gasteiger charge is -2.21. The molecule has 1 saturated heterocycles. The van der Waals surface area contributed by atoms with Gasteiger partial charge in [-0.1, -0.05) is 34.1 Å². The number of hydrogen-bond acceptors (Lipinski definition) is 4. The number of carbonyl (C=O) groups excluding carboxylic acids is 2. The van der Waals surface area contributed by atoms with E-state index in [2.05, 4.69) is 32.6 Å². The number of nitrogens with one attached hydrogen (secondary N) is 2. The third-order valence-electron chi connectivity index (χ3n) is 4.27. The fraction of sp³-hybridized carbons (Fsp3) is 0.250. The lowest BCUT2D eigenvalue weighted by Crippen LogP contribution is -2.47. The molecule has 5 nitrogen and oxygen atoms in total. The molecule has 7 heteroatoms. The van der Waals surface area contributed by atoms with Crippen LogP contribution in [0.2, 0.25) is 0 Å². The summed E-state index contributed by atoms with van der Waals surface area (Å²) in [5.74, 6) is 0.998. The summed E-state index contributed by atoms with van der Waals surface area (Å²) in [5, 5.41) is 15.1. The molecule has 0 aromatic heterocycles. The average Bonchev–Trinajstić information content (AvgIpc) is 3.13. The monoisotopic (exact) mass is 443 g/mol.